The monoisotopic (exact) mass is 415 g/mol. The van der Waals surface area contributed by atoms with Crippen molar-refractivity contribution in [3.8, 4) is 0 Å². The fourth-order valence-electron chi connectivity index (χ4n) is 3.22. The minimum Gasteiger partial charge on any atom is -0.353 e. The van der Waals surface area contributed by atoms with Gasteiger partial charge in [-0.15, -0.1) is 0 Å². The SMILES string of the molecule is CN(Cc1ccccc1)C(=O)CCNC(=O)N1CCN(c2ccc(Cl)cn2)CC1. The van der Waals surface area contributed by atoms with E-state index in [-0.39, 0.29) is 18.4 Å². The van der Waals surface area contributed by atoms with Crippen LogP contribution in [0.2, 0.25) is 5.02 Å². The number of hydrogen-bond acceptors (Lipinski definition) is 4. The van der Waals surface area contributed by atoms with Gasteiger partial charge in [0, 0.05) is 58.9 Å². The van der Waals surface area contributed by atoms with Gasteiger partial charge in [0.15, 0.2) is 0 Å². The topological polar surface area (TPSA) is 68.8 Å². The van der Waals surface area contributed by atoms with Crippen molar-refractivity contribution in [1.82, 2.24) is 20.1 Å². The minimum absolute atomic E-state index is 0.00721. The Labute approximate surface area is 176 Å². The molecule has 2 heterocycles. The molecular weight excluding hydrogens is 390 g/mol. The van der Waals surface area contributed by atoms with Crippen LogP contribution >= 0.6 is 11.6 Å². The van der Waals surface area contributed by atoms with Crippen molar-refractivity contribution in [3.05, 3.63) is 59.2 Å². The lowest BCUT2D eigenvalue weighted by molar-refractivity contribution is -0.130. The van der Waals surface area contributed by atoms with Gasteiger partial charge in [0.2, 0.25) is 5.91 Å². The van der Waals surface area contributed by atoms with Gasteiger partial charge < -0.3 is 20.0 Å². The molecule has 0 spiro atoms. The third-order valence-corrected chi connectivity index (χ3v) is 5.13. The van der Waals surface area contributed by atoms with Gasteiger partial charge in [0.05, 0.1) is 5.02 Å². The zero-order valence-electron chi connectivity index (χ0n) is 16.6. The van der Waals surface area contributed by atoms with Crippen LogP contribution in [0.1, 0.15) is 12.0 Å². The van der Waals surface area contributed by atoms with E-state index in [1.165, 1.54) is 0 Å². The number of rotatable bonds is 6. The third-order valence-electron chi connectivity index (χ3n) is 4.91. The average molecular weight is 416 g/mol. The van der Waals surface area contributed by atoms with Crippen LogP contribution < -0.4 is 10.2 Å². The summed E-state index contributed by atoms with van der Waals surface area (Å²) in [5.41, 5.74) is 1.08. The molecular formula is C21H26ClN5O2. The Kier molecular flexibility index (Phi) is 7.30. The summed E-state index contributed by atoms with van der Waals surface area (Å²) in [7, 11) is 1.78. The van der Waals surface area contributed by atoms with Gasteiger partial charge in [-0.3, -0.25) is 4.79 Å². The molecule has 1 aliphatic heterocycles. The number of benzene rings is 1. The lowest BCUT2D eigenvalue weighted by Gasteiger charge is -2.35. The first-order valence-corrected chi connectivity index (χ1v) is 10.1. The Morgan fingerprint density at radius 1 is 1.10 bits per heavy atom. The maximum absolute atomic E-state index is 12.4. The van der Waals surface area contributed by atoms with Crippen LogP contribution in [-0.2, 0) is 11.3 Å². The molecule has 1 aliphatic rings. The van der Waals surface area contributed by atoms with E-state index in [1.54, 1.807) is 23.0 Å². The van der Waals surface area contributed by atoms with E-state index in [9.17, 15) is 9.59 Å². The lowest BCUT2D eigenvalue weighted by Crippen LogP contribution is -2.52. The summed E-state index contributed by atoms with van der Waals surface area (Å²) in [6.45, 7) is 3.53. The molecule has 3 amide bonds. The van der Waals surface area contributed by atoms with Crippen LogP contribution in [0.4, 0.5) is 10.6 Å². The molecule has 0 radical (unpaired) electrons. The molecule has 1 N–H and O–H groups in total. The second kappa shape index (κ2) is 10.1. The zero-order valence-corrected chi connectivity index (χ0v) is 17.3. The lowest BCUT2D eigenvalue weighted by atomic mass is 10.2. The molecule has 1 aromatic heterocycles. The molecule has 2 aromatic rings. The van der Waals surface area contributed by atoms with Crippen molar-refractivity contribution in [1.29, 1.82) is 0 Å². The van der Waals surface area contributed by atoms with E-state index < -0.39 is 0 Å². The van der Waals surface area contributed by atoms with Crippen molar-refractivity contribution in [2.24, 2.45) is 0 Å². The van der Waals surface area contributed by atoms with Crippen molar-refractivity contribution in [2.45, 2.75) is 13.0 Å². The molecule has 1 fully saturated rings. The first-order valence-electron chi connectivity index (χ1n) is 9.70. The molecule has 7 nitrogen and oxygen atoms in total. The zero-order chi connectivity index (χ0) is 20.6. The third kappa shape index (κ3) is 6.09. The van der Waals surface area contributed by atoms with Crippen LogP contribution in [0.15, 0.2) is 48.7 Å². The number of carbonyl (C=O) groups excluding carboxylic acids is 2. The van der Waals surface area contributed by atoms with Crippen LogP contribution in [0.25, 0.3) is 0 Å². The summed E-state index contributed by atoms with van der Waals surface area (Å²) in [6.07, 6.45) is 1.91. The fourth-order valence-corrected chi connectivity index (χ4v) is 3.33. The Morgan fingerprint density at radius 3 is 2.48 bits per heavy atom. The Bertz CT molecular complexity index is 808. The highest BCUT2D eigenvalue weighted by atomic mass is 35.5. The van der Waals surface area contributed by atoms with Gasteiger partial charge in [-0.05, 0) is 17.7 Å². The number of piperazine rings is 1. The first kappa shape index (κ1) is 20.9. The molecule has 29 heavy (non-hydrogen) atoms. The number of amides is 3. The van der Waals surface area contributed by atoms with Gasteiger partial charge in [-0.2, -0.15) is 0 Å². The molecule has 0 atom stereocenters. The number of urea groups is 1. The van der Waals surface area contributed by atoms with Crippen molar-refractivity contribution in [2.75, 3.05) is 44.7 Å². The smallest absolute Gasteiger partial charge is 0.317 e. The van der Waals surface area contributed by atoms with E-state index in [2.05, 4.69) is 15.2 Å². The van der Waals surface area contributed by atoms with E-state index >= 15 is 0 Å². The number of nitrogens with one attached hydrogen (secondary N) is 1. The molecule has 0 saturated carbocycles. The number of carbonyl (C=O) groups is 2. The van der Waals surface area contributed by atoms with Gasteiger partial charge in [-0.25, -0.2) is 9.78 Å². The van der Waals surface area contributed by atoms with Crippen molar-refractivity contribution < 1.29 is 9.59 Å². The Hall–Kier alpha value is -2.80. The predicted octanol–water partition coefficient (Wildman–Crippen LogP) is 2.62. The summed E-state index contributed by atoms with van der Waals surface area (Å²) in [4.78, 5) is 34.5. The van der Waals surface area contributed by atoms with Crippen LogP contribution in [0, 0.1) is 0 Å². The summed E-state index contributed by atoms with van der Waals surface area (Å²) < 4.78 is 0. The molecule has 0 aliphatic carbocycles. The number of pyridine rings is 1. The number of anilines is 1. The normalized spacial score (nSPS) is 13.9. The highest BCUT2D eigenvalue weighted by molar-refractivity contribution is 6.30. The average Bonchev–Trinajstić information content (AvgIpc) is 2.75. The Morgan fingerprint density at radius 2 is 1.83 bits per heavy atom. The molecule has 1 saturated heterocycles. The number of halogens is 1. The van der Waals surface area contributed by atoms with Crippen molar-refractivity contribution in [3.63, 3.8) is 0 Å². The van der Waals surface area contributed by atoms with Crippen LogP contribution in [0.5, 0.6) is 0 Å². The predicted molar refractivity (Wildman–Crippen MR) is 114 cm³/mol. The quantitative estimate of drug-likeness (QED) is 0.787. The standard InChI is InChI=1S/C21H26ClN5O2/c1-25(16-17-5-3-2-4-6-17)20(28)9-10-23-21(29)27-13-11-26(12-14-27)19-8-7-18(22)15-24-19/h2-8,15H,9-14,16H2,1H3,(H,23,29). The molecule has 0 unspecified atom stereocenters. The molecule has 1 aromatic carbocycles. The minimum atomic E-state index is -0.132. The molecule has 3 rings (SSSR count). The van der Waals surface area contributed by atoms with Gasteiger partial charge in [0.1, 0.15) is 5.82 Å². The first-order chi connectivity index (χ1) is 14.0. The summed E-state index contributed by atoms with van der Waals surface area (Å²) in [5, 5.41) is 3.46. The van der Waals surface area contributed by atoms with E-state index in [1.807, 2.05) is 42.5 Å². The number of hydrogen-bond donors (Lipinski definition) is 1. The van der Waals surface area contributed by atoms with Crippen molar-refractivity contribution >= 4 is 29.4 Å². The van der Waals surface area contributed by atoms with Crippen LogP contribution in [0.3, 0.4) is 0 Å². The summed E-state index contributed by atoms with van der Waals surface area (Å²) >= 11 is 5.88. The maximum Gasteiger partial charge on any atom is 0.317 e. The molecule has 154 valence electrons. The fraction of sp³-hybridized carbons (Fsp3) is 0.381. The van der Waals surface area contributed by atoms with Crippen LogP contribution in [-0.4, -0.2) is 66.5 Å². The van der Waals surface area contributed by atoms with E-state index in [4.69, 9.17) is 11.6 Å². The highest BCUT2D eigenvalue weighted by Crippen LogP contribution is 2.16. The molecule has 0 bridgehead atoms. The van der Waals surface area contributed by atoms with Gasteiger partial charge in [0.25, 0.3) is 0 Å². The number of nitrogens with zero attached hydrogens (tertiary/aromatic N) is 4. The van der Waals surface area contributed by atoms with E-state index in [0.717, 1.165) is 11.4 Å². The van der Waals surface area contributed by atoms with Gasteiger partial charge in [-0.1, -0.05) is 41.9 Å². The summed E-state index contributed by atoms with van der Waals surface area (Å²) in [5.74, 6) is 0.870. The largest absolute Gasteiger partial charge is 0.353 e. The molecule has 8 heteroatoms. The second-order valence-electron chi connectivity index (χ2n) is 7.03. The maximum atomic E-state index is 12.4. The number of aromatic nitrogens is 1. The highest BCUT2D eigenvalue weighted by Gasteiger charge is 2.22. The summed E-state index contributed by atoms with van der Waals surface area (Å²) in [6, 6.07) is 13.4. The van der Waals surface area contributed by atoms with Gasteiger partial charge >= 0.3 is 6.03 Å². The second-order valence-corrected chi connectivity index (χ2v) is 7.46. The Balaban J connectivity index is 1.36. The van der Waals surface area contributed by atoms with E-state index in [0.29, 0.717) is 44.3 Å².